The second-order valence-electron chi connectivity index (χ2n) is 3.59. The third-order valence-corrected chi connectivity index (χ3v) is 2.55. The van der Waals surface area contributed by atoms with E-state index in [0.717, 1.165) is 0 Å². The van der Waals surface area contributed by atoms with Crippen LogP contribution in [0.4, 0.5) is 0 Å². The molecule has 0 aromatic carbocycles. The summed E-state index contributed by atoms with van der Waals surface area (Å²) in [6, 6.07) is 2.15. The maximum atomic E-state index is 11.7. The molecule has 0 saturated carbocycles. The lowest BCUT2D eigenvalue weighted by Crippen LogP contribution is -2.42. The zero-order valence-corrected chi connectivity index (χ0v) is 8.95. The number of rotatable bonds is 5. The molecule has 84 valence electrons. The number of hydrogen-bond donors (Lipinski definition) is 2. The monoisotopic (exact) mass is 211 g/mol. The lowest BCUT2D eigenvalue weighted by atomic mass is 10.0. The van der Waals surface area contributed by atoms with Crippen molar-refractivity contribution in [3.05, 3.63) is 0 Å². The van der Waals surface area contributed by atoms with Crippen LogP contribution in [0, 0.1) is 17.2 Å². The van der Waals surface area contributed by atoms with Crippen LogP contribution in [0.1, 0.15) is 12.8 Å². The number of nitrogens with zero attached hydrogens (tertiary/aromatic N) is 1. The van der Waals surface area contributed by atoms with Gasteiger partial charge in [-0.1, -0.05) is 0 Å². The van der Waals surface area contributed by atoms with E-state index in [4.69, 9.17) is 10.00 Å². The molecule has 0 aromatic heterocycles. The minimum Gasteiger partial charge on any atom is -0.379 e. The van der Waals surface area contributed by atoms with Gasteiger partial charge in [0.05, 0.1) is 25.2 Å². The maximum Gasteiger partial charge on any atom is 0.227 e. The largest absolute Gasteiger partial charge is 0.379 e. The van der Waals surface area contributed by atoms with Crippen molar-refractivity contribution in [2.24, 2.45) is 5.92 Å². The quantitative estimate of drug-likeness (QED) is 0.609. The number of ether oxygens (including phenoxy) is 1. The van der Waals surface area contributed by atoms with Gasteiger partial charge in [0.1, 0.15) is 0 Å². The second kappa shape index (κ2) is 6.38. The molecule has 5 heteroatoms. The first-order chi connectivity index (χ1) is 7.29. The summed E-state index contributed by atoms with van der Waals surface area (Å²) in [5, 5.41) is 14.2. The fourth-order valence-electron chi connectivity index (χ4n) is 1.61. The molecule has 15 heavy (non-hydrogen) atoms. The van der Waals surface area contributed by atoms with Gasteiger partial charge < -0.3 is 15.4 Å². The molecule has 1 heterocycles. The van der Waals surface area contributed by atoms with Crippen LogP contribution in [0.15, 0.2) is 0 Å². The van der Waals surface area contributed by atoms with E-state index in [1.54, 1.807) is 0 Å². The molecule has 1 fully saturated rings. The fourth-order valence-corrected chi connectivity index (χ4v) is 1.61. The van der Waals surface area contributed by atoms with Gasteiger partial charge in [-0.15, -0.1) is 0 Å². The van der Waals surface area contributed by atoms with Crippen molar-refractivity contribution in [2.45, 2.75) is 18.9 Å². The van der Waals surface area contributed by atoms with Gasteiger partial charge >= 0.3 is 0 Å². The Hall–Kier alpha value is -1.12. The topological polar surface area (TPSA) is 74.2 Å². The van der Waals surface area contributed by atoms with E-state index in [2.05, 4.69) is 10.6 Å². The molecule has 0 bridgehead atoms. The van der Waals surface area contributed by atoms with Crippen LogP contribution in [0.25, 0.3) is 0 Å². The molecule has 1 aliphatic rings. The Morgan fingerprint density at radius 1 is 1.60 bits per heavy atom. The molecule has 1 amide bonds. The molecule has 2 N–H and O–H groups in total. The van der Waals surface area contributed by atoms with Gasteiger partial charge in [-0.2, -0.15) is 5.26 Å². The minimum atomic E-state index is -0.0999. The number of hydrogen-bond acceptors (Lipinski definition) is 4. The zero-order valence-electron chi connectivity index (χ0n) is 8.95. The molecule has 1 saturated heterocycles. The van der Waals surface area contributed by atoms with Gasteiger partial charge in [0.2, 0.25) is 5.91 Å². The summed E-state index contributed by atoms with van der Waals surface area (Å²) in [6.45, 7) is 1.64. The van der Waals surface area contributed by atoms with E-state index in [-0.39, 0.29) is 17.9 Å². The number of unbranched alkanes of at least 4 members (excludes halogenated alkanes) is 1. The normalized spacial score (nSPS) is 24.8. The highest BCUT2D eigenvalue weighted by Crippen LogP contribution is 2.13. The van der Waals surface area contributed by atoms with Crippen LogP contribution in [0.2, 0.25) is 0 Å². The van der Waals surface area contributed by atoms with Gasteiger partial charge in [-0.3, -0.25) is 4.79 Å². The van der Waals surface area contributed by atoms with Gasteiger partial charge in [0.15, 0.2) is 0 Å². The van der Waals surface area contributed by atoms with E-state index in [1.165, 1.54) is 0 Å². The van der Waals surface area contributed by atoms with Crippen molar-refractivity contribution in [3.63, 3.8) is 0 Å². The highest BCUT2D eigenvalue weighted by molar-refractivity contribution is 5.79. The maximum absolute atomic E-state index is 11.7. The number of carbonyl (C=O) groups excluding carboxylic acids is 1. The predicted octanol–water partition coefficient (Wildman–Crippen LogP) is -0.359. The van der Waals surface area contributed by atoms with Crippen molar-refractivity contribution in [2.75, 3.05) is 26.8 Å². The molecule has 2 unspecified atom stereocenters. The van der Waals surface area contributed by atoms with Crippen LogP contribution in [0.3, 0.4) is 0 Å². The molecule has 2 atom stereocenters. The molecular formula is C10H17N3O2. The van der Waals surface area contributed by atoms with Gasteiger partial charge in [0, 0.05) is 19.0 Å². The molecule has 0 radical (unpaired) electrons. The summed E-state index contributed by atoms with van der Waals surface area (Å²) in [5.74, 6) is -0.0816. The zero-order chi connectivity index (χ0) is 11.1. The van der Waals surface area contributed by atoms with Crippen molar-refractivity contribution < 1.29 is 9.53 Å². The number of nitrogens with one attached hydrogen (secondary N) is 2. The number of likely N-dealkylation sites (N-methyl/N-ethyl adjacent to an activating group) is 1. The van der Waals surface area contributed by atoms with E-state index in [0.29, 0.717) is 32.6 Å². The van der Waals surface area contributed by atoms with E-state index >= 15 is 0 Å². The summed E-state index contributed by atoms with van der Waals surface area (Å²) in [5.41, 5.74) is 0. The molecule has 1 rings (SSSR count). The average Bonchev–Trinajstić information content (AvgIpc) is 2.72. The fraction of sp³-hybridized carbons (Fsp3) is 0.800. The predicted molar refractivity (Wildman–Crippen MR) is 55.0 cm³/mol. The number of nitriles is 1. The first kappa shape index (κ1) is 12.0. The number of amides is 1. The van der Waals surface area contributed by atoms with Crippen LogP contribution in [0.5, 0.6) is 0 Å². The molecule has 0 spiro atoms. The van der Waals surface area contributed by atoms with Crippen molar-refractivity contribution in [3.8, 4) is 6.07 Å². The highest BCUT2D eigenvalue weighted by Gasteiger charge is 2.32. The summed E-state index contributed by atoms with van der Waals surface area (Å²) < 4.78 is 5.23. The SMILES string of the molecule is CNC1COCC1C(=O)NCCCC#N. The average molecular weight is 211 g/mol. The first-order valence-corrected chi connectivity index (χ1v) is 5.19. The summed E-state index contributed by atoms with van der Waals surface area (Å²) in [4.78, 5) is 11.7. The number of carbonyl (C=O) groups is 1. The second-order valence-corrected chi connectivity index (χ2v) is 3.59. The lowest BCUT2D eigenvalue weighted by Gasteiger charge is -2.15. The Bertz CT molecular complexity index is 250. The highest BCUT2D eigenvalue weighted by atomic mass is 16.5. The first-order valence-electron chi connectivity index (χ1n) is 5.19. The smallest absolute Gasteiger partial charge is 0.227 e. The standard InChI is InChI=1S/C10H17N3O2/c1-12-9-7-15-6-8(9)10(14)13-5-3-2-4-11/h8-9,12H,2-3,5-7H2,1H3,(H,13,14). The van der Waals surface area contributed by atoms with Crippen molar-refractivity contribution >= 4 is 5.91 Å². The summed E-state index contributed by atoms with van der Waals surface area (Å²) >= 11 is 0. The van der Waals surface area contributed by atoms with Crippen LogP contribution >= 0.6 is 0 Å². The molecule has 0 aromatic rings. The Balaban J connectivity index is 2.24. The van der Waals surface area contributed by atoms with Crippen LogP contribution < -0.4 is 10.6 Å². The minimum absolute atomic E-state index is 0.0183. The van der Waals surface area contributed by atoms with Gasteiger partial charge in [0.25, 0.3) is 0 Å². The van der Waals surface area contributed by atoms with Crippen LogP contribution in [-0.2, 0) is 9.53 Å². The lowest BCUT2D eigenvalue weighted by molar-refractivity contribution is -0.125. The van der Waals surface area contributed by atoms with E-state index in [9.17, 15) is 4.79 Å². The summed E-state index contributed by atoms with van der Waals surface area (Å²) in [7, 11) is 1.83. The Labute approximate surface area is 89.8 Å². The van der Waals surface area contributed by atoms with Gasteiger partial charge in [-0.25, -0.2) is 0 Å². The Morgan fingerprint density at radius 2 is 2.40 bits per heavy atom. The van der Waals surface area contributed by atoms with Crippen LogP contribution in [-0.4, -0.2) is 38.8 Å². The summed E-state index contributed by atoms with van der Waals surface area (Å²) in [6.07, 6.45) is 1.19. The van der Waals surface area contributed by atoms with Gasteiger partial charge in [-0.05, 0) is 13.5 Å². The van der Waals surface area contributed by atoms with E-state index < -0.39 is 0 Å². The van der Waals surface area contributed by atoms with Crippen molar-refractivity contribution in [1.82, 2.24) is 10.6 Å². The van der Waals surface area contributed by atoms with E-state index in [1.807, 2.05) is 13.1 Å². The Morgan fingerprint density at radius 3 is 3.07 bits per heavy atom. The molecule has 0 aliphatic carbocycles. The van der Waals surface area contributed by atoms with Crippen molar-refractivity contribution in [1.29, 1.82) is 5.26 Å². The molecule has 1 aliphatic heterocycles. The molecular weight excluding hydrogens is 194 g/mol. The Kier molecular flexibility index (Phi) is 5.08. The third kappa shape index (κ3) is 3.50. The molecule has 5 nitrogen and oxygen atoms in total. The third-order valence-electron chi connectivity index (χ3n) is 2.55.